The van der Waals surface area contributed by atoms with Crippen LogP contribution in [0, 0.1) is 11.3 Å². The van der Waals surface area contributed by atoms with E-state index in [9.17, 15) is 10.1 Å². The van der Waals surface area contributed by atoms with Gasteiger partial charge >= 0.3 is 0 Å². The highest BCUT2D eigenvalue weighted by molar-refractivity contribution is 6.02. The predicted molar refractivity (Wildman–Crippen MR) is 116 cm³/mol. The third kappa shape index (κ3) is 4.23. The van der Waals surface area contributed by atoms with Crippen LogP contribution in [0.4, 0.5) is 0 Å². The summed E-state index contributed by atoms with van der Waals surface area (Å²) >= 11 is 0. The van der Waals surface area contributed by atoms with E-state index in [0.717, 1.165) is 16.5 Å². The van der Waals surface area contributed by atoms with E-state index in [2.05, 4.69) is 15.3 Å². The van der Waals surface area contributed by atoms with Crippen molar-refractivity contribution in [3.05, 3.63) is 114 Å². The number of nitriles is 1. The second-order valence-electron chi connectivity index (χ2n) is 6.68. The Hall–Kier alpha value is -4.30. The smallest absolute Gasteiger partial charge is 0.262 e. The Labute approximate surface area is 174 Å². The van der Waals surface area contributed by atoms with Gasteiger partial charge in [0.05, 0.1) is 11.7 Å². The van der Waals surface area contributed by atoms with Gasteiger partial charge in [-0.25, -0.2) is 9.97 Å². The molecule has 5 nitrogen and oxygen atoms in total. The van der Waals surface area contributed by atoms with Crippen LogP contribution in [0.5, 0.6) is 0 Å². The number of fused-ring (bicyclic) bond motifs is 1. The predicted octanol–water partition coefficient (Wildman–Crippen LogP) is 4.44. The second kappa shape index (κ2) is 8.80. The van der Waals surface area contributed by atoms with Crippen LogP contribution in [0.1, 0.15) is 22.9 Å². The molecule has 1 N–H and O–H groups in total. The zero-order valence-electron chi connectivity index (χ0n) is 16.1. The Morgan fingerprint density at radius 2 is 1.57 bits per heavy atom. The lowest BCUT2D eigenvalue weighted by molar-refractivity contribution is -0.117. The average Bonchev–Trinajstić information content (AvgIpc) is 2.82. The van der Waals surface area contributed by atoms with Crippen molar-refractivity contribution in [1.82, 2.24) is 15.3 Å². The van der Waals surface area contributed by atoms with Crippen LogP contribution in [0.25, 0.3) is 17.1 Å². The second-order valence-corrected chi connectivity index (χ2v) is 6.68. The monoisotopic (exact) mass is 390 g/mol. The number of pyridine rings is 2. The maximum absolute atomic E-state index is 13.0. The van der Waals surface area contributed by atoms with E-state index < -0.39 is 5.91 Å². The molecule has 2 aromatic heterocycles. The number of amides is 1. The molecular formula is C25H18N4O. The molecule has 0 spiro atoms. The van der Waals surface area contributed by atoms with Crippen molar-refractivity contribution >= 4 is 23.0 Å². The average molecular weight is 390 g/mol. The number of aromatic nitrogens is 2. The van der Waals surface area contributed by atoms with Crippen LogP contribution >= 0.6 is 0 Å². The van der Waals surface area contributed by atoms with Crippen LogP contribution in [0.3, 0.4) is 0 Å². The van der Waals surface area contributed by atoms with Crippen LogP contribution in [-0.4, -0.2) is 15.9 Å². The van der Waals surface area contributed by atoms with Gasteiger partial charge in [0.15, 0.2) is 5.65 Å². The number of hydrogen-bond donors (Lipinski definition) is 1. The summed E-state index contributed by atoms with van der Waals surface area (Å²) in [7, 11) is 0. The molecule has 0 saturated heterocycles. The highest BCUT2D eigenvalue weighted by Gasteiger charge is 2.19. The number of nitrogens with one attached hydrogen (secondary N) is 1. The van der Waals surface area contributed by atoms with Crippen molar-refractivity contribution in [2.45, 2.75) is 6.04 Å². The van der Waals surface area contributed by atoms with Crippen molar-refractivity contribution in [3.63, 3.8) is 0 Å². The lowest BCUT2D eigenvalue weighted by Crippen LogP contribution is -2.30. The SMILES string of the molecule is N#CC(=Cc1ccc2cccnc2n1)C(=O)NC(c1ccccc1)c1ccccc1. The normalized spacial score (nSPS) is 11.3. The molecule has 0 radical (unpaired) electrons. The molecule has 144 valence electrons. The zero-order valence-corrected chi connectivity index (χ0v) is 16.1. The van der Waals surface area contributed by atoms with Gasteiger partial charge in [0.2, 0.25) is 0 Å². The van der Waals surface area contributed by atoms with Gasteiger partial charge in [-0.05, 0) is 41.5 Å². The third-order valence-corrected chi connectivity index (χ3v) is 4.68. The molecule has 5 heteroatoms. The summed E-state index contributed by atoms with van der Waals surface area (Å²) in [5.41, 5.74) is 2.92. The molecule has 30 heavy (non-hydrogen) atoms. The van der Waals surface area contributed by atoms with Crippen LogP contribution in [-0.2, 0) is 4.79 Å². The summed E-state index contributed by atoms with van der Waals surface area (Å²) in [6, 6.07) is 28.3. The highest BCUT2D eigenvalue weighted by Crippen LogP contribution is 2.22. The number of benzene rings is 2. The van der Waals surface area contributed by atoms with E-state index in [1.165, 1.54) is 6.08 Å². The van der Waals surface area contributed by atoms with Crippen molar-refractivity contribution in [3.8, 4) is 6.07 Å². The summed E-state index contributed by atoms with van der Waals surface area (Å²) < 4.78 is 0. The van der Waals surface area contributed by atoms with Crippen molar-refractivity contribution in [2.24, 2.45) is 0 Å². The number of carbonyl (C=O) groups is 1. The zero-order chi connectivity index (χ0) is 20.8. The fourth-order valence-electron chi connectivity index (χ4n) is 3.20. The maximum atomic E-state index is 13.0. The summed E-state index contributed by atoms with van der Waals surface area (Å²) in [5, 5.41) is 13.5. The van der Waals surface area contributed by atoms with Crippen LogP contribution in [0.15, 0.2) is 96.7 Å². The molecule has 0 aliphatic carbocycles. The van der Waals surface area contributed by atoms with Gasteiger partial charge in [0, 0.05) is 11.6 Å². The molecule has 4 rings (SSSR count). The molecule has 0 unspecified atom stereocenters. The topological polar surface area (TPSA) is 78.7 Å². The molecule has 0 atom stereocenters. The summed E-state index contributed by atoms with van der Waals surface area (Å²) in [4.78, 5) is 21.6. The van der Waals surface area contributed by atoms with Gasteiger partial charge in [0.1, 0.15) is 11.6 Å². The van der Waals surface area contributed by atoms with Gasteiger partial charge in [-0.3, -0.25) is 4.79 Å². The Kier molecular flexibility index (Phi) is 5.59. The largest absolute Gasteiger partial charge is 0.340 e. The fourth-order valence-corrected chi connectivity index (χ4v) is 3.20. The van der Waals surface area contributed by atoms with Gasteiger partial charge in [-0.1, -0.05) is 60.7 Å². The van der Waals surface area contributed by atoms with Gasteiger partial charge in [-0.15, -0.1) is 0 Å². The Balaban J connectivity index is 1.64. The van der Waals surface area contributed by atoms with Crippen molar-refractivity contribution < 1.29 is 4.79 Å². The molecule has 0 aliphatic rings. The molecule has 2 heterocycles. The quantitative estimate of drug-likeness (QED) is 0.404. The van der Waals surface area contributed by atoms with E-state index in [0.29, 0.717) is 11.3 Å². The van der Waals surface area contributed by atoms with Crippen LogP contribution < -0.4 is 5.32 Å². The Morgan fingerprint density at radius 3 is 2.20 bits per heavy atom. The highest BCUT2D eigenvalue weighted by atomic mass is 16.1. The summed E-state index contributed by atoms with van der Waals surface area (Å²) in [5.74, 6) is -0.460. The molecule has 4 aromatic rings. The minimum atomic E-state index is -0.460. The number of nitrogens with zero attached hydrogens (tertiary/aromatic N) is 3. The molecular weight excluding hydrogens is 372 g/mol. The fraction of sp³-hybridized carbons (Fsp3) is 0.0400. The number of carbonyl (C=O) groups excluding carboxylic acids is 1. The van der Waals surface area contributed by atoms with E-state index in [1.54, 1.807) is 12.3 Å². The lowest BCUT2D eigenvalue weighted by atomic mass is 9.98. The lowest BCUT2D eigenvalue weighted by Gasteiger charge is -2.19. The van der Waals surface area contributed by atoms with E-state index >= 15 is 0 Å². The van der Waals surface area contributed by atoms with E-state index in [4.69, 9.17) is 0 Å². The minimum absolute atomic E-state index is 0.0188. The molecule has 0 aliphatic heterocycles. The standard InChI is InChI=1S/C25H18N4O/c26-17-21(16-22-14-13-20-12-7-15-27-24(20)28-22)25(30)29-23(18-8-3-1-4-9-18)19-10-5-2-6-11-19/h1-16,23H,(H,29,30). The van der Waals surface area contributed by atoms with Gasteiger partial charge in [0.25, 0.3) is 5.91 Å². The summed E-state index contributed by atoms with van der Waals surface area (Å²) in [6.07, 6.45) is 3.14. The van der Waals surface area contributed by atoms with E-state index in [1.807, 2.05) is 84.9 Å². The van der Waals surface area contributed by atoms with Gasteiger partial charge in [-0.2, -0.15) is 5.26 Å². The number of hydrogen-bond acceptors (Lipinski definition) is 4. The first kappa shape index (κ1) is 19.0. The first-order chi connectivity index (χ1) is 14.7. The van der Waals surface area contributed by atoms with Crippen molar-refractivity contribution in [1.29, 1.82) is 5.26 Å². The van der Waals surface area contributed by atoms with Crippen LogP contribution in [0.2, 0.25) is 0 Å². The number of rotatable bonds is 5. The molecule has 0 bridgehead atoms. The Bertz CT molecular complexity index is 1200. The molecule has 2 aromatic carbocycles. The minimum Gasteiger partial charge on any atom is -0.340 e. The van der Waals surface area contributed by atoms with E-state index in [-0.39, 0.29) is 11.6 Å². The van der Waals surface area contributed by atoms with Crippen molar-refractivity contribution in [2.75, 3.05) is 0 Å². The third-order valence-electron chi connectivity index (χ3n) is 4.68. The summed E-state index contributed by atoms with van der Waals surface area (Å²) in [6.45, 7) is 0. The Morgan fingerprint density at radius 1 is 0.900 bits per heavy atom. The first-order valence-electron chi connectivity index (χ1n) is 9.49. The first-order valence-corrected chi connectivity index (χ1v) is 9.49. The molecule has 0 saturated carbocycles. The molecule has 1 amide bonds. The van der Waals surface area contributed by atoms with Gasteiger partial charge < -0.3 is 5.32 Å². The molecule has 0 fully saturated rings. The maximum Gasteiger partial charge on any atom is 0.262 e.